The molecule has 8 heteroatoms. The van der Waals surface area contributed by atoms with Crippen molar-refractivity contribution in [3.63, 3.8) is 0 Å². The molecule has 3 aromatic rings. The molecule has 0 aliphatic rings. The topological polar surface area (TPSA) is 76.6 Å². The molecule has 2 aromatic carbocycles. The molecule has 0 N–H and O–H groups in total. The molecule has 0 fully saturated rings. The molecule has 6 nitrogen and oxygen atoms in total. The third-order valence-corrected chi connectivity index (χ3v) is 5.29. The van der Waals surface area contributed by atoms with Crippen molar-refractivity contribution in [1.82, 2.24) is 4.98 Å². The highest BCUT2D eigenvalue weighted by molar-refractivity contribution is 7.71. The van der Waals surface area contributed by atoms with Gasteiger partial charge < -0.3 is 4.74 Å². The van der Waals surface area contributed by atoms with E-state index in [0.717, 1.165) is 0 Å². The van der Waals surface area contributed by atoms with Gasteiger partial charge in [0.1, 0.15) is 16.5 Å². The van der Waals surface area contributed by atoms with Crippen molar-refractivity contribution in [3.05, 3.63) is 59.9 Å². The number of nitrogens with zero attached hydrogens (tertiary/aromatic N) is 2. The average molecular weight is 445 g/mol. The maximum absolute atomic E-state index is 13.9. The van der Waals surface area contributed by atoms with Gasteiger partial charge in [-0.05, 0) is 51.5 Å². The van der Waals surface area contributed by atoms with Gasteiger partial charge in [-0.15, -0.1) is 0 Å². The number of carbonyl (C=O) groups is 1. The summed E-state index contributed by atoms with van der Waals surface area (Å²) < 4.78 is 42.1. The van der Waals surface area contributed by atoms with Crippen LogP contribution in [0.2, 0.25) is 0 Å². The molecule has 0 spiro atoms. The summed E-state index contributed by atoms with van der Waals surface area (Å²) in [6, 6.07) is 12.9. The van der Waals surface area contributed by atoms with Gasteiger partial charge in [-0.3, -0.25) is 4.90 Å². The fourth-order valence-corrected chi connectivity index (χ4v) is 4.00. The summed E-state index contributed by atoms with van der Waals surface area (Å²) in [5.41, 5.74) is 1.67. The van der Waals surface area contributed by atoms with Crippen LogP contribution in [0.5, 0.6) is 0 Å². The molecule has 1 aromatic heterocycles. The standard InChI is InChI=1S/C23H25FN2O4S/c1-5-30-22(27)26(23(2,3)4)20-12-15-10-11-17(24)13-19(15)25-21(20)18-9-7-6-8-16(18)14-31(28)29/h6-13,31H,5,14H2,1-4H3. The second-order valence-electron chi connectivity index (χ2n) is 8.05. The summed E-state index contributed by atoms with van der Waals surface area (Å²) in [6.07, 6.45) is -0.549. The molecule has 31 heavy (non-hydrogen) atoms. The zero-order valence-electron chi connectivity index (χ0n) is 17.9. The second kappa shape index (κ2) is 9.01. The zero-order valence-corrected chi connectivity index (χ0v) is 18.8. The Morgan fingerprint density at radius 3 is 2.48 bits per heavy atom. The van der Waals surface area contributed by atoms with Gasteiger partial charge in [0.2, 0.25) is 0 Å². The lowest BCUT2D eigenvalue weighted by molar-refractivity contribution is 0.154. The summed E-state index contributed by atoms with van der Waals surface area (Å²) in [5.74, 6) is -0.615. The Bertz CT molecular complexity index is 1190. The van der Waals surface area contributed by atoms with Crippen LogP contribution in [0.4, 0.5) is 14.9 Å². The van der Waals surface area contributed by atoms with E-state index in [1.54, 1.807) is 43.3 Å². The monoisotopic (exact) mass is 444 g/mol. The molecule has 1 amide bonds. The van der Waals surface area contributed by atoms with Gasteiger partial charge in [0.25, 0.3) is 0 Å². The smallest absolute Gasteiger partial charge is 0.414 e. The Labute approximate surface area is 182 Å². The number of amides is 1. The highest BCUT2D eigenvalue weighted by Crippen LogP contribution is 2.38. The largest absolute Gasteiger partial charge is 0.449 e. The normalized spacial score (nSPS) is 11.7. The number of thiol groups is 1. The average Bonchev–Trinajstić information content (AvgIpc) is 2.67. The molecule has 0 aliphatic heterocycles. The number of hydrogen-bond donors (Lipinski definition) is 1. The Morgan fingerprint density at radius 2 is 1.84 bits per heavy atom. The van der Waals surface area contributed by atoms with Gasteiger partial charge in [-0.1, -0.05) is 24.3 Å². The molecule has 0 bridgehead atoms. The Kier molecular flexibility index (Phi) is 6.59. The van der Waals surface area contributed by atoms with Crippen molar-refractivity contribution in [2.45, 2.75) is 39.0 Å². The van der Waals surface area contributed by atoms with E-state index in [0.29, 0.717) is 33.4 Å². The highest BCUT2D eigenvalue weighted by Gasteiger charge is 2.32. The molecule has 0 aliphatic carbocycles. The lowest BCUT2D eigenvalue weighted by atomic mass is 9.99. The van der Waals surface area contributed by atoms with Crippen molar-refractivity contribution in [2.75, 3.05) is 11.5 Å². The minimum atomic E-state index is -2.68. The molecule has 164 valence electrons. The zero-order chi connectivity index (χ0) is 22.8. The van der Waals surface area contributed by atoms with Crippen LogP contribution in [-0.4, -0.2) is 31.6 Å². The first-order valence-corrected chi connectivity index (χ1v) is 11.3. The van der Waals surface area contributed by atoms with Crippen molar-refractivity contribution >= 4 is 33.4 Å². The SMILES string of the molecule is CCOC(=O)N(c1cc2ccc(F)cc2nc1-c1ccccc1C[SH](=O)=O)C(C)(C)C. The van der Waals surface area contributed by atoms with E-state index in [-0.39, 0.29) is 12.4 Å². The van der Waals surface area contributed by atoms with Gasteiger partial charge in [-0.2, -0.15) is 0 Å². The predicted molar refractivity (Wildman–Crippen MR) is 120 cm³/mol. The lowest BCUT2D eigenvalue weighted by Crippen LogP contribution is -2.46. The lowest BCUT2D eigenvalue weighted by Gasteiger charge is -2.36. The minimum Gasteiger partial charge on any atom is -0.449 e. The maximum Gasteiger partial charge on any atom is 0.414 e. The number of fused-ring (bicyclic) bond motifs is 1. The fourth-order valence-electron chi connectivity index (χ4n) is 3.45. The van der Waals surface area contributed by atoms with Crippen molar-refractivity contribution in [1.29, 1.82) is 0 Å². The molecule has 0 unspecified atom stereocenters. The Hall–Kier alpha value is -3.00. The Morgan fingerprint density at radius 1 is 1.13 bits per heavy atom. The maximum atomic E-state index is 13.9. The van der Waals surface area contributed by atoms with Gasteiger partial charge in [0, 0.05) is 22.6 Å². The third kappa shape index (κ3) is 5.02. The van der Waals surface area contributed by atoms with E-state index in [2.05, 4.69) is 4.98 Å². The van der Waals surface area contributed by atoms with E-state index in [1.807, 2.05) is 20.8 Å². The van der Waals surface area contributed by atoms with E-state index in [9.17, 15) is 17.6 Å². The van der Waals surface area contributed by atoms with Gasteiger partial charge in [-0.25, -0.2) is 22.6 Å². The van der Waals surface area contributed by atoms with Crippen LogP contribution in [0.25, 0.3) is 22.2 Å². The van der Waals surface area contributed by atoms with Crippen molar-refractivity contribution in [3.8, 4) is 11.3 Å². The second-order valence-corrected chi connectivity index (χ2v) is 9.03. The van der Waals surface area contributed by atoms with Gasteiger partial charge in [0.15, 0.2) is 0 Å². The molecule has 1 heterocycles. The number of carbonyl (C=O) groups excluding carboxylic acids is 1. The predicted octanol–water partition coefficient (Wildman–Crippen LogP) is 4.91. The summed E-state index contributed by atoms with van der Waals surface area (Å²) in [6.45, 7) is 7.51. The van der Waals surface area contributed by atoms with Crippen molar-refractivity contribution in [2.24, 2.45) is 0 Å². The van der Waals surface area contributed by atoms with Crippen molar-refractivity contribution < 1.29 is 22.3 Å². The molecular weight excluding hydrogens is 419 g/mol. The first-order valence-electron chi connectivity index (χ1n) is 9.89. The quantitative estimate of drug-likeness (QED) is 0.566. The van der Waals surface area contributed by atoms with Gasteiger partial charge >= 0.3 is 6.09 Å². The molecule has 0 radical (unpaired) electrons. The van der Waals surface area contributed by atoms with Gasteiger partial charge in [0.05, 0.1) is 29.3 Å². The summed E-state index contributed by atoms with van der Waals surface area (Å²) in [4.78, 5) is 19.1. The first-order chi connectivity index (χ1) is 14.6. The van der Waals surface area contributed by atoms with E-state index in [1.165, 1.54) is 17.0 Å². The fraction of sp³-hybridized carbons (Fsp3) is 0.304. The van der Waals surface area contributed by atoms with Crippen LogP contribution in [0, 0.1) is 5.82 Å². The minimum absolute atomic E-state index is 0.178. The molecule has 0 saturated carbocycles. The van der Waals surface area contributed by atoms with Crippen LogP contribution < -0.4 is 4.90 Å². The van der Waals surface area contributed by atoms with E-state index < -0.39 is 28.2 Å². The third-order valence-electron chi connectivity index (χ3n) is 4.69. The summed E-state index contributed by atoms with van der Waals surface area (Å²) >= 11 is 0. The van der Waals surface area contributed by atoms with E-state index in [4.69, 9.17) is 4.74 Å². The number of benzene rings is 2. The Balaban J connectivity index is 2.38. The van der Waals surface area contributed by atoms with Crippen LogP contribution in [0.1, 0.15) is 33.3 Å². The first kappa shape index (κ1) is 22.7. The number of anilines is 1. The van der Waals surface area contributed by atoms with Crippen LogP contribution in [0.15, 0.2) is 48.5 Å². The number of pyridine rings is 1. The van der Waals surface area contributed by atoms with Crippen LogP contribution in [-0.2, 0) is 21.2 Å². The summed E-state index contributed by atoms with van der Waals surface area (Å²) in [5, 5.41) is 0.645. The number of aromatic nitrogens is 1. The number of halogens is 1. The van der Waals surface area contributed by atoms with Crippen LogP contribution in [0.3, 0.4) is 0 Å². The molecule has 3 rings (SSSR count). The summed E-state index contributed by atoms with van der Waals surface area (Å²) in [7, 11) is -2.68. The van der Waals surface area contributed by atoms with E-state index >= 15 is 0 Å². The number of ether oxygens (including phenoxy) is 1. The highest BCUT2D eigenvalue weighted by atomic mass is 32.2. The molecule has 0 saturated heterocycles. The molecular formula is C23H25FN2O4S. The van der Waals surface area contributed by atoms with Crippen LogP contribution >= 0.6 is 0 Å². The molecule has 0 atom stereocenters. The number of rotatable bonds is 5. The number of hydrogen-bond acceptors (Lipinski definition) is 5.